The van der Waals surface area contributed by atoms with Crippen LogP contribution in [0.15, 0.2) is 4.79 Å². The lowest BCUT2D eigenvalue weighted by atomic mass is 9.97. The van der Waals surface area contributed by atoms with Gasteiger partial charge in [0.05, 0.1) is 5.39 Å². The number of thiophene rings is 1. The van der Waals surface area contributed by atoms with Crippen LogP contribution in [0.3, 0.4) is 0 Å². The zero-order valence-electron chi connectivity index (χ0n) is 15.5. The third kappa shape index (κ3) is 3.38. The highest BCUT2D eigenvalue weighted by atomic mass is 32.1. The molecule has 2 aromatic rings. The highest BCUT2D eigenvalue weighted by molar-refractivity contribution is 7.18. The predicted octanol–water partition coefficient (Wildman–Crippen LogP) is 1.53. The number of fused-ring (bicyclic) bond motifs is 3. The number of likely N-dealkylation sites (N-methyl/N-ethyl adjacent to an activating group) is 1. The molecule has 2 aliphatic rings. The van der Waals surface area contributed by atoms with Gasteiger partial charge in [0.2, 0.25) is 11.8 Å². The number of carbonyl (C=O) groups is 2. The number of aryl methyl sites for hydroxylation is 3. The molecule has 2 aromatic heterocycles. The van der Waals surface area contributed by atoms with E-state index in [1.165, 1.54) is 16.9 Å². The van der Waals surface area contributed by atoms with Crippen LogP contribution in [0.25, 0.3) is 10.2 Å². The first-order chi connectivity index (χ1) is 13.1. The molecule has 1 aliphatic carbocycles. The van der Waals surface area contributed by atoms with E-state index >= 15 is 0 Å². The van der Waals surface area contributed by atoms with E-state index in [0.29, 0.717) is 25.2 Å². The van der Waals surface area contributed by atoms with Crippen LogP contribution in [0.5, 0.6) is 0 Å². The monoisotopic (exact) mass is 388 g/mol. The number of aromatic amines is 1. The fraction of sp³-hybridized carbons (Fsp3) is 0.579. The Morgan fingerprint density at radius 1 is 1.30 bits per heavy atom. The summed E-state index contributed by atoms with van der Waals surface area (Å²) in [6.07, 6.45) is 6.43. The Hall–Kier alpha value is -2.22. The van der Waals surface area contributed by atoms with Crippen molar-refractivity contribution in [2.24, 2.45) is 0 Å². The summed E-state index contributed by atoms with van der Waals surface area (Å²) in [4.78, 5) is 48.3. The van der Waals surface area contributed by atoms with E-state index in [-0.39, 0.29) is 29.8 Å². The van der Waals surface area contributed by atoms with E-state index in [4.69, 9.17) is 0 Å². The molecule has 0 unspecified atom stereocenters. The van der Waals surface area contributed by atoms with Gasteiger partial charge >= 0.3 is 0 Å². The quantitative estimate of drug-likeness (QED) is 0.830. The Morgan fingerprint density at radius 2 is 2.11 bits per heavy atom. The molecule has 0 bridgehead atoms. The number of H-pyrrole nitrogens is 1. The number of nitrogens with one attached hydrogen (secondary N) is 2. The number of nitrogens with zero attached hydrogens (tertiary/aromatic N) is 2. The molecular formula is C19H24N4O3S. The zero-order valence-corrected chi connectivity index (χ0v) is 16.3. The first kappa shape index (κ1) is 18.2. The Kier molecular flexibility index (Phi) is 4.99. The van der Waals surface area contributed by atoms with Crippen LogP contribution >= 0.6 is 11.3 Å². The average molecular weight is 388 g/mol. The number of likely N-dealkylation sites (tertiary alicyclic amines) is 1. The van der Waals surface area contributed by atoms with Crippen LogP contribution < -0.4 is 10.9 Å². The average Bonchev–Trinajstić information content (AvgIpc) is 3.30. The molecule has 0 saturated carbocycles. The van der Waals surface area contributed by atoms with E-state index in [2.05, 4.69) is 15.3 Å². The van der Waals surface area contributed by atoms with Crippen molar-refractivity contribution >= 4 is 33.4 Å². The van der Waals surface area contributed by atoms with Crippen molar-refractivity contribution < 1.29 is 9.59 Å². The van der Waals surface area contributed by atoms with Crippen molar-refractivity contribution in [1.29, 1.82) is 0 Å². The minimum absolute atomic E-state index is 0.0608. The number of hydrogen-bond acceptors (Lipinski definition) is 5. The van der Waals surface area contributed by atoms with Crippen molar-refractivity contribution in [3.8, 4) is 0 Å². The summed E-state index contributed by atoms with van der Waals surface area (Å²) in [5, 5.41) is 3.37. The molecule has 3 heterocycles. The van der Waals surface area contributed by atoms with Gasteiger partial charge in [-0.1, -0.05) is 0 Å². The highest BCUT2D eigenvalue weighted by Crippen LogP contribution is 2.33. The van der Waals surface area contributed by atoms with Crippen LogP contribution in [-0.4, -0.2) is 46.3 Å². The van der Waals surface area contributed by atoms with Crippen molar-refractivity contribution in [1.82, 2.24) is 20.2 Å². The summed E-state index contributed by atoms with van der Waals surface area (Å²) in [6.45, 7) is 0.609. The fourth-order valence-electron chi connectivity index (χ4n) is 4.20. The molecule has 2 N–H and O–H groups in total. The molecule has 1 fully saturated rings. The SMILES string of the molecule is CNC(=O)[C@@H]1CCCN1C(=O)CCc1nc2sc3c(c2c(=O)[nH]1)CCCC3. The number of aromatic nitrogens is 2. The summed E-state index contributed by atoms with van der Waals surface area (Å²) in [5.74, 6) is 0.377. The number of rotatable bonds is 4. The molecule has 1 saturated heterocycles. The maximum Gasteiger partial charge on any atom is 0.259 e. The van der Waals surface area contributed by atoms with Gasteiger partial charge in [0.25, 0.3) is 5.56 Å². The first-order valence-electron chi connectivity index (χ1n) is 9.63. The molecule has 27 heavy (non-hydrogen) atoms. The van der Waals surface area contributed by atoms with Crippen LogP contribution in [0.4, 0.5) is 0 Å². The number of amides is 2. The van der Waals surface area contributed by atoms with Gasteiger partial charge in [-0.2, -0.15) is 0 Å². The second-order valence-electron chi connectivity index (χ2n) is 7.26. The highest BCUT2D eigenvalue weighted by Gasteiger charge is 2.33. The zero-order chi connectivity index (χ0) is 19.0. The molecule has 1 atom stereocenters. The largest absolute Gasteiger partial charge is 0.357 e. The van der Waals surface area contributed by atoms with Gasteiger partial charge in [-0.15, -0.1) is 11.3 Å². The van der Waals surface area contributed by atoms with Crippen LogP contribution in [0.2, 0.25) is 0 Å². The summed E-state index contributed by atoms with van der Waals surface area (Å²) < 4.78 is 0. The van der Waals surface area contributed by atoms with E-state index < -0.39 is 0 Å². The summed E-state index contributed by atoms with van der Waals surface area (Å²) in [5.41, 5.74) is 1.08. The maximum atomic E-state index is 12.6. The third-order valence-corrected chi connectivity index (χ3v) is 6.76. The van der Waals surface area contributed by atoms with Gasteiger partial charge in [-0.05, 0) is 44.1 Å². The van der Waals surface area contributed by atoms with Crippen LogP contribution in [-0.2, 0) is 28.9 Å². The summed E-state index contributed by atoms with van der Waals surface area (Å²) in [6, 6.07) is -0.374. The minimum atomic E-state index is -0.374. The van der Waals surface area contributed by atoms with Crippen molar-refractivity contribution in [2.45, 2.75) is 57.4 Å². The molecule has 7 nitrogen and oxygen atoms in total. The second-order valence-corrected chi connectivity index (χ2v) is 8.35. The Labute approximate surface area is 161 Å². The Bertz CT molecular complexity index is 948. The molecule has 2 amide bonds. The summed E-state index contributed by atoms with van der Waals surface area (Å²) >= 11 is 1.62. The normalized spacial score (nSPS) is 19.3. The van der Waals surface area contributed by atoms with Gasteiger partial charge in [0.15, 0.2) is 0 Å². The lowest BCUT2D eigenvalue weighted by Gasteiger charge is -2.23. The molecule has 0 spiro atoms. The number of hydrogen-bond donors (Lipinski definition) is 2. The standard InChI is InChI=1S/C19H24N4O3S/c1-20-17(25)12-6-4-10-23(12)15(24)9-8-14-21-18(26)16-11-5-2-3-7-13(11)27-19(16)22-14/h12H,2-10H2,1H3,(H,20,25)(H,21,22,26)/t12-/m0/s1. The molecule has 0 aromatic carbocycles. The van der Waals surface area contributed by atoms with Gasteiger partial charge in [0.1, 0.15) is 16.7 Å². The smallest absolute Gasteiger partial charge is 0.259 e. The molecule has 8 heteroatoms. The van der Waals surface area contributed by atoms with E-state index in [9.17, 15) is 14.4 Å². The van der Waals surface area contributed by atoms with Crippen molar-refractivity contribution in [3.05, 3.63) is 26.6 Å². The van der Waals surface area contributed by atoms with E-state index in [1.54, 1.807) is 23.3 Å². The molecule has 1 aliphatic heterocycles. The molecule has 144 valence electrons. The fourth-order valence-corrected chi connectivity index (χ4v) is 5.48. The van der Waals surface area contributed by atoms with E-state index in [1.807, 2.05) is 0 Å². The third-order valence-electron chi connectivity index (χ3n) is 5.57. The first-order valence-corrected chi connectivity index (χ1v) is 10.4. The van der Waals surface area contributed by atoms with Crippen molar-refractivity contribution in [2.75, 3.05) is 13.6 Å². The molecular weight excluding hydrogens is 364 g/mol. The lowest BCUT2D eigenvalue weighted by molar-refractivity contribution is -0.138. The Morgan fingerprint density at radius 3 is 2.93 bits per heavy atom. The van der Waals surface area contributed by atoms with Gasteiger partial charge in [-0.25, -0.2) is 4.98 Å². The Balaban J connectivity index is 1.50. The van der Waals surface area contributed by atoms with Gasteiger partial charge < -0.3 is 15.2 Å². The molecule has 4 rings (SSSR count). The van der Waals surface area contributed by atoms with Gasteiger partial charge in [0, 0.05) is 31.3 Å². The second kappa shape index (κ2) is 7.42. The molecule has 0 radical (unpaired) electrons. The van der Waals surface area contributed by atoms with E-state index in [0.717, 1.165) is 35.9 Å². The van der Waals surface area contributed by atoms with Crippen LogP contribution in [0.1, 0.15) is 48.4 Å². The minimum Gasteiger partial charge on any atom is -0.357 e. The summed E-state index contributed by atoms with van der Waals surface area (Å²) in [7, 11) is 1.59. The maximum absolute atomic E-state index is 12.6. The van der Waals surface area contributed by atoms with Crippen molar-refractivity contribution in [3.63, 3.8) is 0 Å². The number of carbonyl (C=O) groups excluding carboxylic acids is 2. The topological polar surface area (TPSA) is 95.2 Å². The van der Waals surface area contributed by atoms with Crippen LogP contribution in [0, 0.1) is 0 Å². The predicted molar refractivity (Wildman–Crippen MR) is 104 cm³/mol. The van der Waals surface area contributed by atoms with Gasteiger partial charge in [-0.3, -0.25) is 14.4 Å². The lowest BCUT2D eigenvalue weighted by Crippen LogP contribution is -2.45.